The van der Waals surface area contributed by atoms with Gasteiger partial charge in [0.05, 0.1) is 36.2 Å². The number of benzene rings is 2. The van der Waals surface area contributed by atoms with Crippen molar-refractivity contribution in [2.24, 2.45) is 9.98 Å². The minimum atomic E-state index is -0.581. The second kappa shape index (κ2) is 7.43. The molecule has 148 valence electrons. The molecule has 0 bridgehead atoms. The van der Waals surface area contributed by atoms with E-state index in [1.54, 1.807) is 6.20 Å². The number of fused-ring (bicyclic) bond motifs is 2. The van der Waals surface area contributed by atoms with Crippen LogP contribution < -0.4 is 0 Å². The van der Waals surface area contributed by atoms with Gasteiger partial charge in [-0.05, 0) is 41.8 Å². The predicted octanol–water partition coefficient (Wildman–Crippen LogP) is 3.71. The molecule has 2 aliphatic rings. The van der Waals surface area contributed by atoms with E-state index in [1.807, 2.05) is 55.5 Å². The van der Waals surface area contributed by atoms with Gasteiger partial charge in [0.2, 0.25) is 0 Å². The van der Waals surface area contributed by atoms with Gasteiger partial charge in [-0.3, -0.25) is 14.8 Å². The lowest BCUT2D eigenvalue weighted by molar-refractivity contribution is -0.115. The van der Waals surface area contributed by atoms with E-state index in [-0.39, 0.29) is 12.4 Å². The zero-order valence-corrected chi connectivity index (χ0v) is 16.7. The summed E-state index contributed by atoms with van der Waals surface area (Å²) in [5.74, 6) is -0.693. The molecule has 1 N–H and O–H groups in total. The molecule has 1 atom stereocenters. The smallest absolute Gasteiger partial charge is 0.187 e. The van der Waals surface area contributed by atoms with Gasteiger partial charge >= 0.3 is 0 Å². The Balaban J connectivity index is 1.46. The number of Topliss-reactive ketones (excluding diaryl/α,β-unsaturated/α-hetero) is 1. The number of carbonyl (C=O) groups is 1. The average molecular weight is 395 g/mol. The van der Waals surface area contributed by atoms with E-state index in [0.29, 0.717) is 18.7 Å². The highest BCUT2D eigenvalue weighted by Crippen LogP contribution is 2.35. The minimum absolute atomic E-state index is 0.112. The predicted molar refractivity (Wildman–Crippen MR) is 117 cm³/mol. The maximum absolute atomic E-state index is 13.1. The van der Waals surface area contributed by atoms with E-state index < -0.39 is 5.92 Å². The molecule has 3 aromatic rings. The van der Waals surface area contributed by atoms with Crippen LogP contribution in [0.1, 0.15) is 39.4 Å². The van der Waals surface area contributed by atoms with Gasteiger partial charge in [-0.1, -0.05) is 36.4 Å². The van der Waals surface area contributed by atoms with Crippen molar-refractivity contribution < 1.29 is 9.90 Å². The first-order valence-corrected chi connectivity index (χ1v) is 10.1. The molecule has 1 aromatic heterocycles. The number of pyridine rings is 1. The number of aromatic nitrogens is 1. The standard InChI is InChI=1S/C25H21N3O2/c1-15-9-17(7-8-26-15)24-20-12-22-18(10-19(20)13-27-24)11-23(28-22)25(30)21(14-29)16-5-3-2-4-6-16/h2-10,12,21,29H,11,13-14H2,1H3/t21-/m1/s1. The third-order valence-electron chi connectivity index (χ3n) is 5.74. The van der Waals surface area contributed by atoms with Crippen LogP contribution in [-0.2, 0) is 17.8 Å². The van der Waals surface area contributed by atoms with Crippen molar-refractivity contribution in [2.45, 2.75) is 25.8 Å². The Morgan fingerprint density at radius 1 is 1.10 bits per heavy atom. The van der Waals surface area contributed by atoms with Crippen molar-refractivity contribution in [2.75, 3.05) is 6.61 Å². The van der Waals surface area contributed by atoms with Crippen LogP contribution in [0.5, 0.6) is 0 Å². The average Bonchev–Trinajstić information content (AvgIpc) is 3.36. The van der Waals surface area contributed by atoms with Crippen molar-refractivity contribution in [3.63, 3.8) is 0 Å². The SMILES string of the molecule is Cc1cc(C2=NCc3cc4c(cc32)N=C(C(=O)[C@H](CO)c2ccccc2)C4)ccn1. The molecule has 2 aromatic carbocycles. The van der Waals surface area contributed by atoms with Gasteiger partial charge in [0.1, 0.15) is 0 Å². The van der Waals surface area contributed by atoms with Crippen molar-refractivity contribution >= 4 is 22.9 Å². The Bertz CT molecular complexity index is 1210. The molecule has 3 heterocycles. The summed E-state index contributed by atoms with van der Waals surface area (Å²) in [5, 5.41) is 9.85. The first-order valence-electron chi connectivity index (χ1n) is 10.1. The lowest BCUT2D eigenvalue weighted by Gasteiger charge is -2.13. The molecule has 5 rings (SSSR count). The van der Waals surface area contributed by atoms with Crippen LogP contribution in [0.25, 0.3) is 0 Å². The Morgan fingerprint density at radius 3 is 2.70 bits per heavy atom. The Hall–Kier alpha value is -3.44. The summed E-state index contributed by atoms with van der Waals surface area (Å²) in [6, 6.07) is 17.6. The van der Waals surface area contributed by atoms with Crippen LogP contribution in [0.2, 0.25) is 0 Å². The molecule has 30 heavy (non-hydrogen) atoms. The second-order valence-electron chi connectivity index (χ2n) is 7.73. The molecule has 0 unspecified atom stereocenters. The number of hydrogen-bond acceptors (Lipinski definition) is 5. The van der Waals surface area contributed by atoms with E-state index in [0.717, 1.165) is 44.9 Å². The van der Waals surface area contributed by atoms with E-state index in [4.69, 9.17) is 4.99 Å². The lowest BCUT2D eigenvalue weighted by Crippen LogP contribution is -2.25. The van der Waals surface area contributed by atoms with Gasteiger partial charge in [-0.25, -0.2) is 4.99 Å². The van der Waals surface area contributed by atoms with Gasteiger partial charge in [-0.2, -0.15) is 0 Å². The maximum Gasteiger partial charge on any atom is 0.187 e. The molecule has 0 amide bonds. The first kappa shape index (κ1) is 18.6. The molecule has 0 fully saturated rings. The fourth-order valence-electron chi connectivity index (χ4n) is 4.20. The molecule has 0 saturated carbocycles. The van der Waals surface area contributed by atoms with Crippen molar-refractivity contribution in [3.8, 4) is 0 Å². The highest BCUT2D eigenvalue weighted by molar-refractivity contribution is 6.43. The number of ketones is 1. The molecular weight excluding hydrogens is 374 g/mol. The Kier molecular flexibility index (Phi) is 4.60. The van der Waals surface area contributed by atoms with Crippen LogP contribution >= 0.6 is 0 Å². The highest BCUT2D eigenvalue weighted by Gasteiger charge is 2.30. The fraction of sp³-hybridized carbons (Fsp3) is 0.200. The first-order chi connectivity index (χ1) is 14.6. The molecule has 0 aliphatic carbocycles. The topological polar surface area (TPSA) is 74.9 Å². The number of nitrogens with zero attached hydrogens (tertiary/aromatic N) is 3. The summed E-state index contributed by atoms with van der Waals surface area (Å²) in [6.45, 7) is 2.37. The van der Waals surface area contributed by atoms with Crippen LogP contribution in [-0.4, -0.2) is 33.9 Å². The number of aliphatic imine (C=N–C) groups is 2. The Labute approximate surface area is 174 Å². The molecular formula is C25H21N3O2. The Morgan fingerprint density at radius 2 is 1.93 bits per heavy atom. The van der Waals surface area contributed by atoms with Crippen LogP contribution in [0.3, 0.4) is 0 Å². The molecule has 5 nitrogen and oxygen atoms in total. The van der Waals surface area contributed by atoms with Gasteiger partial charge in [0.15, 0.2) is 5.78 Å². The molecule has 2 aliphatic heterocycles. The van der Waals surface area contributed by atoms with Crippen molar-refractivity contribution in [1.82, 2.24) is 4.98 Å². The van der Waals surface area contributed by atoms with E-state index in [2.05, 4.69) is 16.0 Å². The fourth-order valence-corrected chi connectivity index (χ4v) is 4.20. The molecule has 0 radical (unpaired) electrons. The largest absolute Gasteiger partial charge is 0.395 e. The summed E-state index contributed by atoms with van der Waals surface area (Å²) < 4.78 is 0. The number of aryl methyl sites for hydroxylation is 1. The van der Waals surface area contributed by atoms with E-state index in [9.17, 15) is 9.90 Å². The van der Waals surface area contributed by atoms with Crippen molar-refractivity contribution in [1.29, 1.82) is 0 Å². The summed E-state index contributed by atoms with van der Waals surface area (Å²) in [4.78, 5) is 26.8. The van der Waals surface area contributed by atoms with Gasteiger partial charge in [0.25, 0.3) is 0 Å². The maximum atomic E-state index is 13.1. The lowest BCUT2D eigenvalue weighted by atomic mass is 9.91. The summed E-state index contributed by atoms with van der Waals surface area (Å²) in [5.41, 5.74) is 8.36. The third kappa shape index (κ3) is 3.17. The molecule has 0 spiro atoms. The highest BCUT2D eigenvalue weighted by atomic mass is 16.3. The zero-order chi connectivity index (χ0) is 20.7. The number of aliphatic hydroxyl groups is 1. The normalized spacial score (nSPS) is 15.3. The number of aliphatic hydroxyl groups excluding tert-OH is 1. The van der Waals surface area contributed by atoms with Gasteiger partial charge in [-0.15, -0.1) is 0 Å². The van der Waals surface area contributed by atoms with Gasteiger partial charge in [0, 0.05) is 29.4 Å². The van der Waals surface area contributed by atoms with Crippen LogP contribution in [0.4, 0.5) is 5.69 Å². The quantitative estimate of drug-likeness (QED) is 0.716. The summed E-state index contributed by atoms with van der Waals surface area (Å²) >= 11 is 0. The third-order valence-corrected chi connectivity index (χ3v) is 5.74. The number of hydrogen-bond donors (Lipinski definition) is 1. The van der Waals surface area contributed by atoms with Crippen molar-refractivity contribution in [3.05, 3.63) is 94.3 Å². The minimum Gasteiger partial charge on any atom is -0.395 e. The van der Waals surface area contributed by atoms with Crippen LogP contribution in [0.15, 0.2) is 70.8 Å². The monoisotopic (exact) mass is 395 g/mol. The second-order valence-corrected chi connectivity index (χ2v) is 7.73. The van der Waals surface area contributed by atoms with E-state index >= 15 is 0 Å². The summed E-state index contributed by atoms with van der Waals surface area (Å²) in [6.07, 6.45) is 2.29. The van der Waals surface area contributed by atoms with Gasteiger partial charge < -0.3 is 5.11 Å². The van der Waals surface area contributed by atoms with E-state index in [1.165, 1.54) is 0 Å². The molecule has 0 saturated heterocycles. The molecule has 5 heteroatoms. The van der Waals surface area contributed by atoms with Crippen LogP contribution in [0, 0.1) is 6.92 Å². The number of carbonyl (C=O) groups excluding carboxylic acids is 1. The number of rotatable bonds is 5. The zero-order valence-electron chi connectivity index (χ0n) is 16.7. The summed E-state index contributed by atoms with van der Waals surface area (Å²) in [7, 11) is 0.